The van der Waals surface area contributed by atoms with Crippen LogP contribution in [0, 0.1) is 12.3 Å². The van der Waals surface area contributed by atoms with Crippen LogP contribution in [-0.4, -0.2) is 18.5 Å². The zero-order chi connectivity index (χ0) is 12.3. The van der Waals surface area contributed by atoms with Crippen molar-refractivity contribution in [3.63, 3.8) is 0 Å². The first-order chi connectivity index (χ1) is 7.34. The number of carbonyl (C=O) groups is 1. The predicted molar refractivity (Wildman–Crippen MR) is 68.8 cm³/mol. The Balaban J connectivity index is 2.70. The second kappa shape index (κ2) is 4.97. The molecule has 90 valence electrons. The smallest absolute Gasteiger partial charge is 0.261 e. The second-order valence-electron chi connectivity index (χ2n) is 5.04. The summed E-state index contributed by atoms with van der Waals surface area (Å²) in [6.07, 6.45) is 0. The van der Waals surface area contributed by atoms with Crippen molar-refractivity contribution in [3.8, 4) is 0 Å². The molecule has 1 heterocycles. The molecule has 0 spiro atoms. The van der Waals surface area contributed by atoms with E-state index < -0.39 is 0 Å². The van der Waals surface area contributed by atoms with E-state index in [4.69, 9.17) is 5.73 Å². The minimum absolute atomic E-state index is 0.00223. The van der Waals surface area contributed by atoms with Crippen molar-refractivity contribution < 1.29 is 4.79 Å². The molecule has 0 aliphatic rings. The lowest BCUT2D eigenvalue weighted by atomic mass is 9.87. The van der Waals surface area contributed by atoms with Crippen LogP contribution in [0.4, 0.5) is 0 Å². The highest BCUT2D eigenvalue weighted by Crippen LogP contribution is 2.20. The molecule has 0 saturated heterocycles. The molecule has 0 fully saturated rings. The van der Waals surface area contributed by atoms with Gasteiger partial charge >= 0.3 is 0 Å². The first kappa shape index (κ1) is 13.2. The predicted octanol–water partition coefficient (Wildman–Crippen LogP) is 2.16. The van der Waals surface area contributed by atoms with Crippen LogP contribution in [-0.2, 0) is 0 Å². The Morgan fingerprint density at radius 1 is 1.50 bits per heavy atom. The van der Waals surface area contributed by atoms with Crippen molar-refractivity contribution >= 4 is 17.2 Å². The van der Waals surface area contributed by atoms with Gasteiger partial charge in [0.05, 0.1) is 4.88 Å². The molecule has 3 nitrogen and oxygen atoms in total. The largest absolute Gasteiger partial charge is 0.347 e. The Morgan fingerprint density at radius 2 is 2.12 bits per heavy atom. The molecule has 1 atom stereocenters. The van der Waals surface area contributed by atoms with Gasteiger partial charge in [-0.25, -0.2) is 0 Å². The molecule has 1 unspecified atom stereocenters. The molecule has 0 saturated carbocycles. The third-order valence-electron chi connectivity index (χ3n) is 2.55. The molecule has 0 aromatic carbocycles. The van der Waals surface area contributed by atoms with Crippen LogP contribution in [0.3, 0.4) is 0 Å². The molecule has 1 amide bonds. The summed E-state index contributed by atoms with van der Waals surface area (Å²) in [5.74, 6) is -0.0246. The molecule has 0 aliphatic carbocycles. The maximum atomic E-state index is 11.9. The lowest BCUT2D eigenvalue weighted by Gasteiger charge is -2.30. The van der Waals surface area contributed by atoms with E-state index in [-0.39, 0.29) is 17.4 Å². The molecule has 0 radical (unpaired) electrons. The van der Waals surface area contributed by atoms with Gasteiger partial charge in [0.1, 0.15) is 0 Å². The van der Waals surface area contributed by atoms with Gasteiger partial charge in [0.2, 0.25) is 0 Å². The lowest BCUT2D eigenvalue weighted by Crippen LogP contribution is -2.48. The van der Waals surface area contributed by atoms with E-state index in [1.807, 2.05) is 19.1 Å². The van der Waals surface area contributed by atoms with Crippen LogP contribution >= 0.6 is 11.3 Å². The van der Waals surface area contributed by atoms with Crippen molar-refractivity contribution in [3.05, 3.63) is 21.9 Å². The zero-order valence-electron chi connectivity index (χ0n) is 10.3. The summed E-state index contributed by atoms with van der Waals surface area (Å²) in [4.78, 5) is 13.8. The van der Waals surface area contributed by atoms with Crippen molar-refractivity contribution in [2.75, 3.05) is 6.54 Å². The minimum atomic E-state index is -0.0246. The van der Waals surface area contributed by atoms with E-state index in [2.05, 4.69) is 26.1 Å². The fraction of sp³-hybridized carbons (Fsp3) is 0.583. The van der Waals surface area contributed by atoms with Gasteiger partial charge < -0.3 is 11.1 Å². The van der Waals surface area contributed by atoms with E-state index in [0.29, 0.717) is 6.54 Å². The quantitative estimate of drug-likeness (QED) is 0.850. The molecule has 0 bridgehead atoms. The Labute approximate surface area is 101 Å². The van der Waals surface area contributed by atoms with Crippen LogP contribution in [0.1, 0.15) is 35.3 Å². The van der Waals surface area contributed by atoms with E-state index in [9.17, 15) is 4.79 Å². The van der Waals surface area contributed by atoms with Crippen LogP contribution in [0.25, 0.3) is 0 Å². The Hall–Kier alpha value is -0.870. The summed E-state index contributed by atoms with van der Waals surface area (Å²) >= 11 is 1.51. The fourth-order valence-corrected chi connectivity index (χ4v) is 2.19. The summed E-state index contributed by atoms with van der Waals surface area (Å²) in [6.45, 7) is 8.67. The van der Waals surface area contributed by atoms with Gasteiger partial charge in [-0.15, -0.1) is 11.3 Å². The van der Waals surface area contributed by atoms with Gasteiger partial charge in [0.15, 0.2) is 0 Å². The lowest BCUT2D eigenvalue weighted by molar-refractivity contribution is 0.0909. The summed E-state index contributed by atoms with van der Waals surface area (Å²) in [7, 11) is 0. The molecular weight excluding hydrogens is 220 g/mol. The number of carbonyl (C=O) groups excluding carboxylic acids is 1. The monoisotopic (exact) mass is 240 g/mol. The van der Waals surface area contributed by atoms with Gasteiger partial charge in [-0.3, -0.25) is 4.79 Å². The van der Waals surface area contributed by atoms with Crippen molar-refractivity contribution in [2.45, 2.75) is 33.7 Å². The standard InChI is InChI=1S/C12H20N2OS/c1-8-5-6-9(16-8)11(15)14-10(7-13)12(2,3)4/h5-6,10H,7,13H2,1-4H3,(H,14,15). The Kier molecular flexibility index (Phi) is 4.10. The van der Waals surface area contributed by atoms with E-state index >= 15 is 0 Å². The molecule has 16 heavy (non-hydrogen) atoms. The van der Waals surface area contributed by atoms with Crippen LogP contribution in [0.2, 0.25) is 0 Å². The average molecular weight is 240 g/mol. The zero-order valence-corrected chi connectivity index (χ0v) is 11.1. The van der Waals surface area contributed by atoms with Gasteiger partial charge in [0.25, 0.3) is 5.91 Å². The molecule has 3 N–H and O–H groups in total. The van der Waals surface area contributed by atoms with Gasteiger partial charge in [0, 0.05) is 17.5 Å². The number of hydrogen-bond donors (Lipinski definition) is 2. The molecule has 4 heteroatoms. The summed E-state index contributed by atoms with van der Waals surface area (Å²) in [5, 5.41) is 2.98. The minimum Gasteiger partial charge on any atom is -0.347 e. The summed E-state index contributed by atoms with van der Waals surface area (Å²) in [6, 6.07) is 3.81. The second-order valence-corrected chi connectivity index (χ2v) is 6.33. The van der Waals surface area contributed by atoms with Gasteiger partial charge in [-0.2, -0.15) is 0 Å². The Morgan fingerprint density at radius 3 is 2.50 bits per heavy atom. The SMILES string of the molecule is Cc1ccc(C(=O)NC(CN)C(C)(C)C)s1. The highest BCUT2D eigenvalue weighted by molar-refractivity contribution is 7.13. The fourth-order valence-electron chi connectivity index (χ4n) is 1.41. The third kappa shape index (κ3) is 3.32. The van der Waals surface area contributed by atoms with Crippen LogP contribution < -0.4 is 11.1 Å². The van der Waals surface area contributed by atoms with Crippen molar-refractivity contribution in [2.24, 2.45) is 11.1 Å². The third-order valence-corrected chi connectivity index (χ3v) is 3.55. The molecule has 1 aromatic heterocycles. The van der Waals surface area contributed by atoms with E-state index in [0.717, 1.165) is 9.75 Å². The van der Waals surface area contributed by atoms with E-state index in [1.54, 1.807) is 0 Å². The number of aryl methyl sites for hydroxylation is 1. The van der Waals surface area contributed by atoms with Crippen LogP contribution in [0.5, 0.6) is 0 Å². The molecular formula is C12H20N2OS. The molecule has 0 aliphatic heterocycles. The van der Waals surface area contributed by atoms with E-state index in [1.165, 1.54) is 11.3 Å². The van der Waals surface area contributed by atoms with Crippen molar-refractivity contribution in [1.82, 2.24) is 5.32 Å². The summed E-state index contributed by atoms with van der Waals surface area (Å²) in [5.41, 5.74) is 5.66. The maximum absolute atomic E-state index is 11.9. The highest BCUT2D eigenvalue weighted by Gasteiger charge is 2.25. The van der Waals surface area contributed by atoms with Gasteiger partial charge in [-0.1, -0.05) is 20.8 Å². The molecule has 1 aromatic rings. The first-order valence-electron chi connectivity index (χ1n) is 5.42. The highest BCUT2D eigenvalue weighted by atomic mass is 32.1. The number of amides is 1. The topological polar surface area (TPSA) is 55.1 Å². The Bertz CT molecular complexity index is 365. The molecule has 1 rings (SSSR count). The number of hydrogen-bond acceptors (Lipinski definition) is 3. The van der Waals surface area contributed by atoms with Gasteiger partial charge in [-0.05, 0) is 24.5 Å². The van der Waals surface area contributed by atoms with Crippen molar-refractivity contribution in [1.29, 1.82) is 0 Å². The summed E-state index contributed by atoms with van der Waals surface area (Å²) < 4.78 is 0. The van der Waals surface area contributed by atoms with Crippen LogP contribution in [0.15, 0.2) is 12.1 Å². The number of thiophene rings is 1. The number of nitrogens with two attached hydrogens (primary N) is 1. The average Bonchev–Trinajstić information content (AvgIpc) is 2.59. The first-order valence-corrected chi connectivity index (χ1v) is 6.23. The normalized spacial score (nSPS) is 13.6. The number of rotatable bonds is 3. The number of nitrogens with one attached hydrogen (secondary N) is 1. The maximum Gasteiger partial charge on any atom is 0.261 e.